The average molecular weight is 669 g/mol. The number of aromatic nitrogens is 2. The molecule has 1 saturated heterocycles. The third kappa shape index (κ3) is 7.71. The van der Waals surface area contributed by atoms with Crippen molar-refractivity contribution in [3.63, 3.8) is 0 Å². The predicted octanol–water partition coefficient (Wildman–Crippen LogP) is 4.80. The van der Waals surface area contributed by atoms with Gasteiger partial charge in [0.25, 0.3) is 0 Å². The quantitative estimate of drug-likeness (QED) is 0.239. The van der Waals surface area contributed by atoms with Crippen molar-refractivity contribution in [3.8, 4) is 5.75 Å². The summed E-state index contributed by atoms with van der Waals surface area (Å²) >= 11 is 5.74. The molecule has 1 aliphatic heterocycles. The highest BCUT2D eigenvalue weighted by Crippen LogP contribution is 2.35. The maximum atomic E-state index is 14.6. The van der Waals surface area contributed by atoms with Gasteiger partial charge < -0.3 is 30.9 Å². The number of anilines is 3. The van der Waals surface area contributed by atoms with E-state index in [0.717, 1.165) is 6.07 Å². The number of benzene rings is 2. The molecule has 3 atom stereocenters. The van der Waals surface area contributed by atoms with Crippen LogP contribution in [0.5, 0.6) is 5.75 Å². The minimum Gasteiger partial charge on any atom is -0.494 e. The van der Waals surface area contributed by atoms with Gasteiger partial charge in [0.05, 0.1) is 30.0 Å². The van der Waals surface area contributed by atoms with Gasteiger partial charge in [0.1, 0.15) is 40.8 Å². The van der Waals surface area contributed by atoms with E-state index < -0.39 is 46.1 Å². The lowest BCUT2D eigenvalue weighted by Crippen LogP contribution is -2.59. The van der Waals surface area contributed by atoms with E-state index in [0.29, 0.717) is 36.0 Å². The second-order valence-electron chi connectivity index (χ2n) is 11.6. The van der Waals surface area contributed by atoms with Gasteiger partial charge in [-0.2, -0.15) is 0 Å². The Morgan fingerprint density at radius 3 is 2.49 bits per heavy atom. The number of amides is 3. The van der Waals surface area contributed by atoms with Crippen molar-refractivity contribution >= 4 is 69.8 Å². The number of carbonyl (C=O) groups excluding carboxylic acids is 3. The third-order valence-electron chi connectivity index (χ3n) is 7.57. The second-order valence-corrected chi connectivity index (χ2v) is 12.0. The van der Waals surface area contributed by atoms with Crippen LogP contribution >= 0.6 is 24.0 Å². The zero-order valence-corrected chi connectivity index (χ0v) is 27.3. The van der Waals surface area contributed by atoms with Crippen LogP contribution in [-0.2, 0) is 14.4 Å². The normalized spacial score (nSPS) is 16.0. The molecule has 1 fully saturated rings. The molecule has 11 nitrogen and oxygen atoms in total. The van der Waals surface area contributed by atoms with Crippen molar-refractivity contribution in [3.05, 3.63) is 47.2 Å². The molecule has 244 valence electrons. The summed E-state index contributed by atoms with van der Waals surface area (Å²) < 4.78 is 33.8. The summed E-state index contributed by atoms with van der Waals surface area (Å²) in [7, 11) is 3.09. The number of hydrogen-bond donors (Lipinski definition) is 4. The van der Waals surface area contributed by atoms with Crippen LogP contribution in [0.2, 0.25) is 5.02 Å². The maximum Gasteiger partial charge on any atom is 0.247 e. The number of likely N-dealkylation sites (N-methyl/N-ethyl adjacent to an activating group) is 1. The Morgan fingerprint density at radius 1 is 1.13 bits per heavy atom. The van der Waals surface area contributed by atoms with Crippen LogP contribution in [0.25, 0.3) is 10.9 Å². The Bertz CT molecular complexity index is 1590. The summed E-state index contributed by atoms with van der Waals surface area (Å²) in [6.45, 7) is 7.60. The summed E-state index contributed by atoms with van der Waals surface area (Å²) in [6, 6.07) is 3.19. The van der Waals surface area contributed by atoms with Crippen LogP contribution in [0.3, 0.4) is 0 Å². The van der Waals surface area contributed by atoms with Crippen LogP contribution in [0.4, 0.5) is 26.0 Å². The summed E-state index contributed by atoms with van der Waals surface area (Å²) in [5, 5.41) is 11.1. The standard InChI is InChI=1S/C30H36ClF2N7O4.ClH/c1-15(34-5)27(41)39-25(30(2,3)4)29(43)40-11-7-8-21(40)28(42)38-20-12-16-19(13-22(20)44-6)35-14-36-26(16)37-18-10-9-17(32)23(31)24(18)33;/h9-10,12-15,21,25,34H,7-8,11H2,1-6H3,(H,38,42)(H,39,41)(H,35,36,37);1H/t15-,21-,25+;/m0./s1. The summed E-state index contributed by atoms with van der Waals surface area (Å²) in [5.41, 5.74) is -0.0442. The van der Waals surface area contributed by atoms with Crippen LogP contribution in [0.15, 0.2) is 30.6 Å². The molecule has 45 heavy (non-hydrogen) atoms. The number of nitrogens with one attached hydrogen (secondary N) is 4. The highest BCUT2D eigenvalue weighted by Gasteiger charge is 2.42. The highest BCUT2D eigenvalue weighted by molar-refractivity contribution is 6.31. The van der Waals surface area contributed by atoms with E-state index in [1.165, 1.54) is 24.4 Å². The van der Waals surface area contributed by atoms with Crippen molar-refractivity contribution in [2.24, 2.45) is 5.41 Å². The first-order valence-corrected chi connectivity index (χ1v) is 14.5. The smallest absolute Gasteiger partial charge is 0.247 e. The molecule has 0 radical (unpaired) electrons. The van der Waals surface area contributed by atoms with Crippen molar-refractivity contribution in [1.29, 1.82) is 0 Å². The second kappa shape index (κ2) is 14.5. The number of hydrogen-bond acceptors (Lipinski definition) is 8. The van der Waals surface area contributed by atoms with E-state index >= 15 is 0 Å². The largest absolute Gasteiger partial charge is 0.494 e. The van der Waals surface area contributed by atoms with E-state index in [9.17, 15) is 23.2 Å². The van der Waals surface area contributed by atoms with Gasteiger partial charge in [-0.15, -0.1) is 12.4 Å². The van der Waals surface area contributed by atoms with E-state index in [-0.39, 0.29) is 41.4 Å². The van der Waals surface area contributed by atoms with Gasteiger partial charge in [-0.1, -0.05) is 32.4 Å². The molecule has 0 unspecified atom stereocenters. The fourth-order valence-corrected chi connectivity index (χ4v) is 5.10. The molecule has 0 saturated carbocycles. The lowest BCUT2D eigenvalue weighted by molar-refractivity contribution is -0.143. The number of halogens is 4. The molecule has 1 aromatic heterocycles. The maximum absolute atomic E-state index is 14.6. The molecule has 2 heterocycles. The number of fused-ring (bicyclic) bond motifs is 1. The van der Waals surface area contributed by atoms with Crippen LogP contribution in [-0.4, -0.2) is 71.4 Å². The lowest BCUT2D eigenvalue weighted by atomic mass is 9.85. The molecule has 0 spiro atoms. The highest BCUT2D eigenvalue weighted by atomic mass is 35.5. The molecular formula is C30H37Cl2F2N7O4. The van der Waals surface area contributed by atoms with E-state index in [1.54, 1.807) is 26.1 Å². The molecule has 0 aliphatic carbocycles. The predicted molar refractivity (Wildman–Crippen MR) is 171 cm³/mol. The molecular weight excluding hydrogens is 631 g/mol. The van der Waals surface area contributed by atoms with Crippen LogP contribution in [0, 0.1) is 17.0 Å². The van der Waals surface area contributed by atoms with Gasteiger partial charge in [0.15, 0.2) is 5.82 Å². The number of ether oxygens (including phenoxy) is 1. The Morgan fingerprint density at radius 2 is 1.84 bits per heavy atom. The van der Waals surface area contributed by atoms with Gasteiger partial charge in [-0.25, -0.2) is 18.7 Å². The van der Waals surface area contributed by atoms with Crippen LogP contribution < -0.4 is 26.0 Å². The van der Waals surface area contributed by atoms with Gasteiger partial charge in [-0.05, 0) is 50.4 Å². The Balaban J connectivity index is 0.00000552. The summed E-state index contributed by atoms with van der Waals surface area (Å²) in [6.07, 6.45) is 2.28. The molecule has 15 heteroatoms. The van der Waals surface area contributed by atoms with Crippen molar-refractivity contribution in [2.45, 2.75) is 58.7 Å². The summed E-state index contributed by atoms with van der Waals surface area (Å²) in [4.78, 5) is 50.1. The Kier molecular flexibility index (Phi) is 11.5. The van der Waals surface area contributed by atoms with Crippen molar-refractivity contribution in [1.82, 2.24) is 25.5 Å². The fourth-order valence-electron chi connectivity index (χ4n) is 4.93. The fraction of sp³-hybridized carbons (Fsp3) is 0.433. The average Bonchev–Trinajstić information content (AvgIpc) is 3.49. The molecule has 3 aromatic rings. The van der Waals surface area contributed by atoms with Gasteiger partial charge in [-0.3, -0.25) is 14.4 Å². The molecule has 1 aliphatic rings. The number of nitrogens with zero attached hydrogens (tertiary/aromatic N) is 3. The number of methoxy groups -OCH3 is 1. The van der Waals surface area contributed by atoms with Crippen molar-refractivity contribution < 1.29 is 27.9 Å². The molecule has 4 rings (SSSR count). The molecule has 0 bridgehead atoms. The first-order chi connectivity index (χ1) is 20.8. The van der Waals surface area contributed by atoms with E-state index in [4.69, 9.17) is 16.3 Å². The van der Waals surface area contributed by atoms with Gasteiger partial charge in [0, 0.05) is 18.0 Å². The lowest BCUT2D eigenvalue weighted by Gasteiger charge is -2.36. The van der Waals surface area contributed by atoms with Crippen LogP contribution in [0.1, 0.15) is 40.5 Å². The first kappa shape index (κ1) is 35.7. The van der Waals surface area contributed by atoms with Gasteiger partial charge >= 0.3 is 0 Å². The van der Waals surface area contributed by atoms with Crippen molar-refractivity contribution in [2.75, 3.05) is 31.3 Å². The third-order valence-corrected chi connectivity index (χ3v) is 7.91. The number of likely N-dealkylation sites (tertiary alicyclic amines) is 1. The zero-order chi connectivity index (χ0) is 32.3. The topological polar surface area (TPSA) is 138 Å². The minimum atomic E-state index is -0.989. The Hall–Kier alpha value is -3.81. The molecule has 3 amide bonds. The first-order valence-electron chi connectivity index (χ1n) is 14.1. The molecule has 2 aromatic carbocycles. The molecule has 4 N–H and O–H groups in total. The number of rotatable bonds is 9. The SMILES string of the molecule is CN[C@@H](C)C(=O)N[C@H](C(=O)N1CCC[C@H]1C(=O)Nc1cc2c(Nc3ccc(F)c(Cl)c3F)ncnc2cc1OC)C(C)(C)C.Cl. The van der Waals surface area contributed by atoms with E-state index in [2.05, 4.69) is 31.2 Å². The number of carbonyl (C=O) groups is 3. The minimum absolute atomic E-state index is 0. The monoisotopic (exact) mass is 667 g/mol. The van der Waals surface area contributed by atoms with E-state index in [1.807, 2.05) is 20.8 Å². The summed E-state index contributed by atoms with van der Waals surface area (Å²) in [5.74, 6) is -2.54. The van der Waals surface area contributed by atoms with Gasteiger partial charge in [0.2, 0.25) is 17.7 Å². The zero-order valence-electron chi connectivity index (χ0n) is 25.8. The Labute approximate surface area is 271 Å².